The number of aromatic nitrogens is 2. The van der Waals surface area contributed by atoms with Crippen LogP contribution in [0.3, 0.4) is 0 Å². The van der Waals surface area contributed by atoms with Crippen molar-refractivity contribution in [1.29, 1.82) is 0 Å². The van der Waals surface area contributed by atoms with E-state index in [0.717, 1.165) is 18.7 Å². The SMILES string of the molecule is CN(C)CCCNC(=O)c1cnc(Nc2ccccc2C(C)(C)C)nc1. The van der Waals surface area contributed by atoms with E-state index >= 15 is 0 Å². The molecule has 0 saturated carbocycles. The Balaban J connectivity index is 1.99. The van der Waals surface area contributed by atoms with Crippen molar-refractivity contribution < 1.29 is 4.79 Å². The fourth-order valence-corrected chi connectivity index (χ4v) is 2.58. The molecule has 6 nitrogen and oxygen atoms in total. The van der Waals surface area contributed by atoms with Gasteiger partial charge in [0.1, 0.15) is 0 Å². The summed E-state index contributed by atoms with van der Waals surface area (Å²) in [6.45, 7) is 8.07. The van der Waals surface area contributed by atoms with E-state index in [2.05, 4.69) is 52.3 Å². The lowest BCUT2D eigenvalue weighted by Crippen LogP contribution is -2.27. The molecule has 0 saturated heterocycles. The highest BCUT2D eigenvalue weighted by Crippen LogP contribution is 2.30. The summed E-state index contributed by atoms with van der Waals surface area (Å²) < 4.78 is 0. The Labute approximate surface area is 156 Å². The van der Waals surface area contributed by atoms with Crippen molar-refractivity contribution >= 4 is 17.5 Å². The summed E-state index contributed by atoms with van der Waals surface area (Å²) in [5.41, 5.74) is 2.63. The first-order valence-corrected chi connectivity index (χ1v) is 8.89. The van der Waals surface area contributed by atoms with Crippen LogP contribution in [0.5, 0.6) is 0 Å². The van der Waals surface area contributed by atoms with Crippen LogP contribution in [0.25, 0.3) is 0 Å². The molecule has 26 heavy (non-hydrogen) atoms. The molecule has 2 rings (SSSR count). The minimum atomic E-state index is -0.148. The summed E-state index contributed by atoms with van der Waals surface area (Å²) in [5, 5.41) is 6.14. The Morgan fingerprint density at radius 3 is 2.38 bits per heavy atom. The van der Waals surface area contributed by atoms with E-state index in [-0.39, 0.29) is 11.3 Å². The number of amides is 1. The topological polar surface area (TPSA) is 70.2 Å². The Morgan fingerprint density at radius 2 is 1.77 bits per heavy atom. The summed E-state index contributed by atoms with van der Waals surface area (Å²) in [4.78, 5) is 22.8. The molecule has 6 heteroatoms. The van der Waals surface area contributed by atoms with Crippen molar-refractivity contribution in [2.45, 2.75) is 32.6 Å². The van der Waals surface area contributed by atoms with Gasteiger partial charge in [-0.2, -0.15) is 0 Å². The summed E-state index contributed by atoms with van der Waals surface area (Å²) in [7, 11) is 4.03. The number of carbonyl (C=O) groups excluding carboxylic acids is 1. The molecule has 0 aliphatic heterocycles. The molecule has 0 atom stereocenters. The predicted molar refractivity (Wildman–Crippen MR) is 106 cm³/mol. The van der Waals surface area contributed by atoms with E-state index in [1.807, 2.05) is 32.3 Å². The monoisotopic (exact) mass is 355 g/mol. The van der Waals surface area contributed by atoms with Gasteiger partial charge in [0.2, 0.25) is 5.95 Å². The second-order valence-corrected chi connectivity index (χ2v) is 7.63. The quantitative estimate of drug-likeness (QED) is 0.747. The van der Waals surface area contributed by atoms with Crippen LogP contribution < -0.4 is 10.6 Å². The van der Waals surface area contributed by atoms with Crippen LogP contribution in [-0.4, -0.2) is 48.0 Å². The molecule has 1 aromatic carbocycles. The highest BCUT2D eigenvalue weighted by atomic mass is 16.1. The third kappa shape index (κ3) is 5.81. The van der Waals surface area contributed by atoms with E-state index in [1.165, 1.54) is 5.56 Å². The van der Waals surface area contributed by atoms with Gasteiger partial charge in [-0.25, -0.2) is 9.97 Å². The number of rotatable bonds is 7. The third-order valence-electron chi connectivity index (χ3n) is 3.96. The maximum atomic E-state index is 12.1. The molecule has 0 unspecified atom stereocenters. The largest absolute Gasteiger partial charge is 0.352 e. The summed E-state index contributed by atoms with van der Waals surface area (Å²) in [6.07, 6.45) is 4.01. The number of carbonyl (C=O) groups is 1. The number of hydrogen-bond donors (Lipinski definition) is 2. The molecule has 1 heterocycles. The van der Waals surface area contributed by atoms with Crippen molar-refractivity contribution in [2.75, 3.05) is 32.5 Å². The second-order valence-electron chi connectivity index (χ2n) is 7.63. The molecule has 0 aliphatic carbocycles. The molecule has 1 amide bonds. The van der Waals surface area contributed by atoms with Crippen LogP contribution in [0.15, 0.2) is 36.7 Å². The molecule has 0 spiro atoms. The van der Waals surface area contributed by atoms with Crippen LogP contribution in [0, 0.1) is 0 Å². The first-order valence-electron chi connectivity index (χ1n) is 8.89. The fourth-order valence-electron chi connectivity index (χ4n) is 2.58. The maximum absolute atomic E-state index is 12.1. The maximum Gasteiger partial charge on any atom is 0.254 e. The zero-order chi connectivity index (χ0) is 19.2. The van der Waals surface area contributed by atoms with Crippen molar-refractivity contribution in [3.05, 3.63) is 47.8 Å². The van der Waals surface area contributed by atoms with E-state index in [9.17, 15) is 4.79 Å². The Morgan fingerprint density at radius 1 is 1.12 bits per heavy atom. The molecule has 1 aromatic heterocycles. The van der Waals surface area contributed by atoms with Crippen molar-refractivity contribution in [3.8, 4) is 0 Å². The minimum absolute atomic E-state index is 0.00990. The average Bonchev–Trinajstić information content (AvgIpc) is 2.58. The van der Waals surface area contributed by atoms with Gasteiger partial charge in [0, 0.05) is 24.6 Å². The van der Waals surface area contributed by atoms with Gasteiger partial charge >= 0.3 is 0 Å². The highest BCUT2D eigenvalue weighted by Gasteiger charge is 2.18. The highest BCUT2D eigenvalue weighted by molar-refractivity contribution is 5.93. The Bertz CT molecular complexity index is 720. The average molecular weight is 355 g/mol. The number of nitrogens with zero attached hydrogens (tertiary/aromatic N) is 3. The zero-order valence-electron chi connectivity index (χ0n) is 16.3. The van der Waals surface area contributed by atoms with E-state index < -0.39 is 0 Å². The van der Waals surface area contributed by atoms with Crippen LogP contribution in [0.4, 0.5) is 11.6 Å². The van der Waals surface area contributed by atoms with E-state index in [1.54, 1.807) is 12.4 Å². The normalized spacial score (nSPS) is 11.5. The van der Waals surface area contributed by atoms with E-state index in [4.69, 9.17) is 0 Å². The van der Waals surface area contributed by atoms with Crippen molar-refractivity contribution in [2.24, 2.45) is 0 Å². The lowest BCUT2D eigenvalue weighted by atomic mass is 9.86. The lowest BCUT2D eigenvalue weighted by molar-refractivity contribution is 0.0951. The number of anilines is 2. The van der Waals surface area contributed by atoms with Crippen LogP contribution in [0.1, 0.15) is 43.1 Å². The molecule has 0 fully saturated rings. The van der Waals surface area contributed by atoms with Crippen LogP contribution in [0.2, 0.25) is 0 Å². The van der Waals surface area contributed by atoms with Gasteiger partial charge in [0.25, 0.3) is 5.91 Å². The molecule has 2 aromatic rings. The smallest absolute Gasteiger partial charge is 0.254 e. The minimum Gasteiger partial charge on any atom is -0.352 e. The number of benzene rings is 1. The summed E-state index contributed by atoms with van der Waals surface area (Å²) in [6, 6.07) is 8.11. The van der Waals surface area contributed by atoms with Gasteiger partial charge in [-0.3, -0.25) is 4.79 Å². The Kier molecular flexibility index (Phi) is 6.69. The summed E-state index contributed by atoms with van der Waals surface area (Å²) in [5.74, 6) is 0.330. The van der Waals surface area contributed by atoms with Gasteiger partial charge in [-0.1, -0.05) is 39.0 Å². The fraction of sp³-hybridized carbons (Fsp3) is 0.450. The number of nitrogens with one attached hydrogen (secondary N) is 2. The molecule has 2 N–H and O–H groups in total. The molecule has 140 valence electrons. The first-order chi connectivity index (χ1) is 12.3. The molecule has 0 aliphatic rings. The number of hydrogen-bond acceptors (Lipinski definition) is 5. The van der Waals surface area contributed by atoms with Gasteiger partial charge in [0.15, 0.2) is 0 Å². The molecular weight excluding hydrogens is 326 g/mol. The molecule has 0 radical (unpaired) electrons. The van der Waals surface area contributed by atoms with Crippen LogP contribution in [-0.2, 0) is 5.41 Å². The lowest BCUT2D eigenvalue weighted by Gasteiger charge is -2.22. The van der Waals surface area contributed by atoms with E-state index in [0.29, 0.717) is 18.1 Å². The van der Waals surface area contributed by atoms with Gasteiger partial charge in [-0.05, 0) is 44.1 Å². The first kappa shape index (κ1) is 19.8. The third-order valence-corrected chi connectivity index (χ3v) is 3.96. The van der Waals surface area contributed by atoms with Gasteiger partial charge in [-0.15, -0.1) is 0 Å². The zero-order valence-corrected chi connectivity index (χ0v) is 16.3. The van der Waals surface area contributed by atoms with Crippen molar-refractivity contribution in [1.82, 2.24) is 20.2 Å². The molecular formula is C20H29N5O. The predicted octanol–water partition coefficient (Wildman–Crippen LogP) is 3.20. The molecule has 0 bridgehead atoms. The Hall–Kier alpha value is -2.47. The van der Waals surface area contributed by atoms with Crippen LogP contribution >= 0.6 is 0 Å². The van der Waals surface area contributed by atoms with Crippen molar-refractivity contribution in [3.63, 3.8) is 0 Å². The standard InChI is InChI=1S/C20H29N5O/c1-20(2,3)16-9-6-7-10-17(16)24-19-22-13-15(14-23-19)18(26)21-11-8-12-25(4)5/h6-7,9-10,13-14H,8,11-12H2,1-5H3,(H,21,26)(H,22,23,24). The second kappa shape index (κ2) is 8.76. The van der Waals surface area contributed by atoms with Gasteiger partial charge in [0.05, 0.1) is 5.56 Å². The summed E-state index contributed by atoms with van der Waals surface area (Å²) >= 11 is 0. The van der Waals surface area contributed by atoms with Gasteiger partial charge < -0.3 is 15.5 Å². The number of para-hydroxylation sites is 1.